The highest BCUT2D eigenvalue weighted by Crippen LogP contribution is 2.24. The summed E-state index contributed by atoms with van der Waals surface area (Å²) in [6.07, 6.45) is 6.76. The molecule has 1 saturated heterocycles. The van der Waals surface area contributed by atoms with Crippen LogP contribution in [-0.4, -0.2) is 67.4 Å². The van der Waals surface area contributed by atoms with Gasteiger partial charge in [-0.3, -0.25) is 4.68 Å². The van der Waals surface area contributed by atoms with Crippen molar-refractivity contribution < 1.29 is 9.50 Å². The summed E-state index contributed by atoms with van der Waals surface area (Å²) < 4.78 is 18.6. The molecule has 4 aromatic rings. The van der Waals surface area contributed by atoms with Crippen LogP contribution in [0.1, 0.15) is 5.56 Å². The lowest BCUT2D eigenvalue weighted by atomic mass is 10.1. The molecule has 11 heteroatoms. The van der Waals surface area contributed by atoms with Crippen LogP contribution < -0.4 is 15.5 Å². The van der Waals surface area contributed by atoms with E-state index < -0.39 is 0 Å². The first-order valence-electron chi connectivity index (χ1n) is 10.5. The molecule has 32 heavy (non-hydrogen) atoms. The van der Waals surface area contributed by atoms with Crippen LogP contribution in [0.5, 0.6) is 0 Å². The van der Waals surface area contributed by atoms with Crippen LogP contribution in [-0.2, 0) is 13.1 Å². The Morgan fingerprint density at radius 1 is 1.12 bits per heavy atom. The van der Waals surface area contributed by atoms with Gasteiger partial charge >= 0.3 is 0 Å². The molecule has 166 valence electrons. The van der Waals surface area contributed by atoms with E-state index in [0.717, 1.165) is 31.6 Å². The molecule has 0 atom stereocenters. The van der Waals surface area contributed by atoms with Crippen LogP contribution in [0, 0.1) is 5.82 Å². The van der Waals surface area contributed by atoms with Crippen molar-refractivity contribution in [2.24, 2.45) is 0 Å². The fraction of sp³-hybridized carbons (Fsp3) is 0.333. The Bertz CT molecular complexity index is 1220. The Morgan fingerprint density at radius 3 is 2.84 bits per heavy atom. The number of aliphatic hydroxyl groups excluding tert-OH is 1. The van der Waals surface area contributed by atoms with Gasteiger partial charge in [0, 0.05) is 44.1 Å². The number of hydrogen-bond donors (Lipinski definition) is 3. The Morgan fingerprint density at radius 2 is 2.00 bits per heavy atom. The summed E-state index contributed by atoms with van der Waals surface area (Å²) in [4.78, 5) is 11.0. The number of piperazine rings is 1. The molecular weight excluding hydrogens is 413 g/mol. The summed E-state index contributed by atoms with van der Waals surface area (Å²) in [6.45, 7) is 3.94. The van der Waals surface area contributed by atoms with Gasteiger partial charge in [-0.15, -0.1) is 0 Å². The first-order chi connectivity index (χ1) is 15.7. The van der Waals surface area contributed by atoms with Crippen LogP contribution in [0.4, 0.5) is 21.7 Å². The molecule has 3 N–H and O–H groups in total. The molecule has 1 aliphatic rings. The van der Waals surface area contributed by atoms with E-state index in [1.54, 1.807) is 40.2 Å². The van der Waals surface area contributed by atoms with Gasteiger partial charge in [0.15, 0.2) is 11.5 Å². The molecule has 0 unspecified atom stereocenters. The van der Waals surface area contributed by atoms with E-state index in [9.17, 15) is 0 Å². The highest BCUT2D eigenvalue weighted by molar-refractivity contribution is 5.75. The second kappa shape index (κ2) is 8.89. The van der Waals surface area contributed by atoms with Crippen molar-refractivity contribution in [3.8, 4) is 0 Å². The van der Waals surface area contributed by atoms with Gasteiger partial charge in [-0.25, -0.2) is 14.1 Å². The first-order valence-corrected chi connectivity index (χ1v) is 10.5. The van der Waals surface area contributed by atoms with Crippen LogP contribution in [0.25, 0.3) is 11.0 Å². The number of halogens is 1. The van der Waals surface area contributed by atoms with Gasteiger partial charge in [0.05, 0.1) is 48.9 Å². The normalized spacial score (nSPS) is 14.2. The van der Waals surface area contributed by atoms with Crippen LogP contribution in [0.3, 0.4) is 0 Å². The molecule has 0 aliphatic carbocycles. The van der Waals surface area contributed by atoms with Crippen molar-refractivity contribution in [3.63, 3.8) is 0 Å². The minimum Gasteiger partial charge on any atom is -0.394 e. The molecular formula is C21H24FN9O. The van der Waals surface area contributed by atoms with Gasteiger partial charge in [0.25, 0.3) is 0 Å². The number of rotatable bonds is 7. The predicted molar refractivity (Wildman–Crippen MR) is 119 cm³/mol. The van der Waals surface area contributed by atoms with Gasteiger partial charge in [0.1, 0.15) is 0 Å². The zero-order valence-corrected chi connectivity index (χ0v) is 17.4. The fourth-order valence-corrected chi connectivity index (χ4v) is 3.82. The molecule has 3 aromatic heterocycles. The van der Waals surface area contributed by atoms with Gasteiger partial charge < -0.3 is 20.6 Å². The zero-order chi connectivity index (χ0) is 21.9. The van der Waals surface area contributed by atoms with Crippen LogP contribution in [0.2, 0.25) is 0 Å². The Labute approximate surface area is 183 Å². The molecule has 5 rings (SSSR count). The van der Waals surface area contributed by atoms with Gasteiger partial charge in [-0.2, -0.15) is 15.2 Å². The fourth-order valence-electron chi connectivity index (χ4n) is 3.82. The Kier molecular flexibility index (Phi) is 5.65. The van der Waals surface area contributed by atoms with E-state index in [2.05, 4.69) is 35.7 Å². The molecule has 1 aliphatic heterocycles. The SMILES string of the molecule is OCCn1cc(Nc2ncc3cnn(Cc4cccc(N5CCNCC5)c4F)c3n2)cn1. The third-order valence-electron chi connectivity index (χ3n) is 5.43. The Balaban J connectivity index is 1.39. The van der Waals surface area contributed by atoms with E-state index in [1.165, 1.54) is 0 Å². The van der Waals surface area contributed by atoms with Crippen LogP contribution in [0.15, 0.2) is 43.0 Å². The van der Waals surface area contributed by atoms with E-state index in [-0.39, 0.29) is 19.0 Å². The maximum absolute atomic E-state index is 15.3. The van der Waals surface area contributed by atoms with E-state index in [1.807, 2.05) is 12.1 Å². The number of aromatic nitrogens is 6. The van der Waals surface area contributed by atoms with Crippen molar-refractivity contribution in [2.75, 3.05) is 43.0 Å². The molecule has 0 spiro atoms. The molecule has 0 radical (unpaired) electrons. The maximum atomic E-state index is 15.3. The van der Waals surface area contributed by atoms with Gasteiger partial charge in [-0.05, 0) is 6.07 Å². The summed E-state index contributed by atoms with van der Waals surface area (Å²) in [5.74, 6) is 0.166. The Hall–Kier alpha value is -3.57. The van der Waals surface area contributed by atoms with Gasteiger partial charge in [0.2, 0.25) is 5.95 Å². The van der Waals surface area contributed by atoms with Crippen molar-refractivity contribution >= 4 is 28.4 Å². The minimum atomic E-state index is -0.221. The second-order valence-corrected chi connectivity index (χ2v) is 7.60. The van der Waals surface area contributed by atoms with E-state index >= 15 is 4.39 Å². The number of hydrogen-bond acceptors (Lipinski definition) is 8. The smallest absolute Gasteiger partial charge is 0.229 e. The lowest BCUT2D eigenvalue weighted by molar-refractivity contribution is 0.269. The molecule has 4 heterocycles. The monoisotopic (exact) mass is 437 g/mol. The summed E-state index contributed by atoms with van der Waals surface area (Å²) >= 11 is 0. The topological polar surface area (TPSA) is 109 Å². The van der Waals surface area contributed by atoms with E-state index in [0.29, 0.717) is 35.1 Å². The number of aliphatic hydroxyl groups is 1. The van der Waals surface area contributed by atoms with E-state index in [4.69, 9.17) is 5.11 Å². The molecule has 0 bridgehead atoms. The summed E-state index contributed by atoms with van der Waals surface area (Å²) in [7, 11) is 0. The molecule has 10 nitrogen and oxygen atoms in total. The zero-order valence-electron chi connectivity index (χ0n) is 17.4. The number of anilines is 3. The number of nitrogens with zero attached hydrogens (tertiary/aromatic N) is 7. The molecule has 0 saturated carbocycles. The summed E-state index contributed by atoms with van der Waals surface area (Å²) in [5.41, 5.74) is 2.50. The third kappa shape index (κ3) is 4.12. The van der Waals surface area contributed by atoms with Crippen LogP contribution >= 0.6 is 0 Å². The third-order valence-corrected chi connectivity index (χ3v) is 5.43. The highest BCUT2D eigenvalue weighted by Gasteiger charge is 2.18. The highest BCUT2D eigenvalue weighted by atomic mass is 19.1. The largest absolute Gasteiger partial charge is 0.394 e. The molecule has 1 aromatic carbocycles. The maximum Gasteiger partial charge on any atom is 0.229 e. The summed E-state index contributed by atoms with van der Waals surface area (Å²) in [6, 6.07) is 5.49. The van der Waals surface area contributed by atoms with Crippen molar-refractivity contribution in [2.45, 2.75) is 13.1 Å². The van der Waals surface area contributed by atoms with Crippen molar-refractivity contribution in [3.05, 3.63) is 54.4 Å². The number of fused-ring (bicyclic) bond motifs is 1. The van der Waals surface area contributed by atoms with Crippen molar-refractivity contribution in [1.82, 2.24) is 34.8 Å². The quantitative estimate of drug-likeness (QED) is 0.398. The summed E-state index contributed by atoms with van der Waals surface area (Å²) in [5, 5.41) is 24.7. The average Bonchev–Trinajstić information content (AvgIpc) is 3.43. The molecule has 1 fully saturated rings. The minimum absolute atomic E-state index is 0.00910. The standard InChI is InChI=1S/C21H24FN9O/c22-19-15(2-1-3-18(19)29-6-4-23-5-7-29)13-31-20-16(11-26-31)10-24-21(28-20)27-17-12-25-30(14-17)8-9-32/h1-3,10-12,14,23,32H,4-9,13H2,(H,24,27,28). The average molecular weight is 437 g/mol. The van der Waals surface area contributed by atoms with Crippen molar-refractivity contribution in [1.29, 1.82) is 0 Å². The lowest BCUT2D eigenvalue weighted by Gasteiger charge is -2.30. The number of benzene rings is 1. The second-order valence-electron chi connectivity index (χ2n) is 7.60. The predicted octanol–water partition coefficient (Wildman–Crippen LogP) is 1.36. The first kappa shape index (κ1) is 20.3. The lowest BCUT2D eigenvalue weighted by Crippen LogP contribution is -2.44. The van der Waals surface area contributed by atoms with Gasteiger partial charge in [-0.1, -0.05) is 12.1 Å². The number of nitrogens with one attached hydrogen (secondary N) is 2. The molecule has 0 amide bonds.